The Balaban J connectivity index is 2.17. The predicted octanol–water partition coefficient (Wildman–Crippen LogP) is 1.20. The highest BCUT2D eigenvalue weighted by molar-refractivity contribution is 6.36. The van der Waals surface area contributed by atoms with E-state index in [1.54, 1.807) is 6.07 Å². The molecule has 4 heteroatoms. The van der Waals surface area contributed by atoms with Gasteiger partial charge in [-0.05, 0) is 42.5 Å². The first-order valence-electron chi connectivity index (χ1n) is 4.83. The number of carbonyl (C=O) groups is 2. The van der Waals surface area contributed by atoms with Crippen molar-refractivity contribution in [1.82, 2.24) is 0 Å². The summed E-state index contributed by atoms with van der Waals surface area (Å²) in [5.41, 5.74) is 3.06. The Kier molecular flexibility index (Phi) is 2.41. The number of nitrogens with one attached hydrogen (secondary N) is 1. The maximum atomic E-state index is 10.9. The Labute approximate surface area is 86.9 Å². The van der Waals surface area contributed by atoms with E-state index in [9.17, 15) is 9.59 Å². The van der Waals surface area contributed by atoms with Crippen molar-refractivity contribution in [2.45, 2.75) is 19.3 Å². The molecule has 4 nitrogen and oxygen atoms in total. The zero-order valence-electron chi connectivity index (χ0n) is 8.12. The molecular weight excluding hydrogens is 194 g/mol. The van der Waals surface area contributed by atoms with Gasteiger partial charge in [0, 0.05) is 5.69 Å². The Morgan fingerprint density at radius 2 is 1.93 bits per heavy atom. The van der Waals surface area contributed by atoms with Gasteiger partial charge >= 0.3 is 11.9 Å². The van der Waals surface area contributed by atoms with Crippen molar-refractivity contribution >= 4 is 17.6 Å². The fraction of sp³-hybridized carbons (Fsp3) is 0.273. The molecule has 1 aliphatic rings. The first kappa shape index (κ1) is 9.71. The van der Waals surface area contributed by atoms with Crippen LogP contribution in [0.5, 0.6) is 0 Å². The van der Waals surface area contributed by atoms with Gasteiger partial charge in [0.25, 0.3) is 0 Å². The van der Waals surface area contributed by atoms with E-state index in [1.807, 2.05) is 12.1 Å². The number of rotatable bonds is 1. The highest BCUT2D eigenvalue weighted by Gasteiger charge is 2.14. The Bertz CT molecular complexity index is 426. The summed E-state index contributed by atoms with van der Waals surface area (Å²) >= 11 is 0. The van der Waals surface area contributed by atoms with Gasteiger partial charge in [0.15, 0.2) is 0 Å². The van der Waals surface area contributed by atoms with Gasteiger partial charge in [-0.1, -0.05) is 6.07 Å². The number of aliphatic carboxylic acids is 1. The molecule has 0 radical (unpaired) electrons. The lowest BCUT2D eigenvalue weighted by Gasteiger charge is -2.04. The summed E-state index contributed by atoms with van der Waals surface area (Å²) in [5, 5.41) is 10.8. The smallest absolute Gasteiger partial charge is 0.394 e. The van der Waals surface area contributed by atoms with E-state index in [-0.39, 0.29) is 0 Å². The predicted molar refractivity (Wildman–Crippen MR) is 54.7 cm³/mol. The molecule has 0 aliphatic heterocycles. The number of carboxylic acid groups (broad SMARTS) is 1. The summed E-state index contributed by atoms with van der Waals surface area (Å²) in [4.78, 5) is 21.2. The molecule has 0 fully saturated rings. The highest BCUT2D eigenvalue weighted by Crippen LogP contribution is 2.24. The number of anilines is 1. The third-order valence-electron chi connectivity index (χ3n) is 2.55. The third-order valence-corrected chi connectivity index (χ3v) is 2.55. The third kappa shape index (κ3) is 1.98. The van der Waals surface area contributed by atoms with Crippen LogP contribution < -0.4 is 5.32 Å². The van der Waals surface area contributed by atoms with E-state index in [4.69, 9.17) is 5.11 Å². The van der Waals surface area contributed by atoms with Gasteiger partial charge in [0.2, 0.25) is 0 Å². The minimum absolute atomic E-state index is 0.558. The molecule has 0 heterocycles. The summed E-state index contributed by atoms with van der Waals surface area (Å²) in [7, 11) is 0. The Morgan fingerprint density at radius 3 is 2.67 bits per heavy atom. The minimum Gasteiger partial charge on any atom is -0.474 e. The summed E-state index contributed by atoms with van der Waals surface area (Å²) in [5.74, 6) is -2.46. The first-order valence-corrected chi connectivity index (χ1v) is 4.83. The fourth-order valence-corrected chi connectivity index (χ4v) is 1.83. The molecule has 0 spiro atoms. The van der Waals surface area contributed by atoms with Gasteiger partial charge in [-0.25, -0.2) is 4.79 Å². The van der Waals surface area contributed by atoms with Crippen LogP contribution in [0.2, 0.25) is 0 Å². The van der Waals surface area contributed by atoms with Crippen molar-refractivity contribution in [2.24, 2.45) is 0 Å². The van der Waals surface area contributed by atoms with Crippen LogP contribution in [-0.2, 0) is 22.4 Å². The maximum absolute atomic E-state index is 10.9. The lowest BCUT2D eigenvalue weighted by molar-refractivity contribution is -0.147. The normalized spacial score (nSPS) is 13.3. The summed E-state index contributed by atoms with van der Waals surface area (Å²) in [6.07, 6.45) is 3.21. The summed E-state index contributed by atoms with van der Waals surface area (Å²) in [6.45, 7) is 0. The number of carboxylic acids is 1. The molecule has 0 atom stereocenters. The van der Waals surface area contributed by atoms with Crippen molar-refractivity contribution in [3.05, 3.63) is 29.3 Å². The molecule has 0 saturated carbocycles. The monoisotopic (exact) mass is 205 g/mol. The van der Waals surface area contributed by atoms with E-state index in [2.05, 4.69) is 5.32 Å². The minimum atomic E-state index is -1.46. The molecule has 78 valence electrons. The Morgan fingerprint density at radius 1 is 1.20 bits per heavy atom. The van der Waals surface area contributed by atoms with Crippen molar-refractivity contribution in [1.29, 1.82) is 0 Å². The first-order chi connectivity index (χ1) is 7.16. The SMILES string of the molecule is O=C(O)C(=O)Nc1ccc2c(c1)CCC2. The molecule has 0 saturated heterocycles. The summed E-state index contributed by atoms with van der Waals surface area (Å²) < 4.78 is 0. The second kappa shape index (κ2) is 3.73. The highest BCUT2D eigenvalue weighted by atomic mass is 16.4. The van der Waals surface area contributed by atoms with Gasteiger partial charge in [-0.15, -0.1) is 0 Å². The van der Waals surface area contributed by atoms with Crippen molar-refractivity contribution in [3.8, 4) is 0 Å². The maximum Gasteiger partial charge on any atom is 0.394 e. The zero-order chi connectivity index (χ0) is 10.8. The topological polar surface area (TPSA) is 66.4 Å². The second-order valence-corrected chi connectivity index (χ2v) is 3.60. The number of hydrogen-bond acceptors (Lipinski definition) is 2. The molecule has 2 N–H and O–H groups in total. The average Bonchev–Trinajstić information content (AvgIpc) is 2.64. The van der Waals surface area contributed by atoms with Crippen LogP contribution in [0.4, 0.5) is 5.69 Å². The molecular formula is C11H11NO3. The van der Waals surface area contributed by atoms with Crippen LogP contribution in [0, 0.1) is 0 Å². The molecule has 1 amide bonds. The standard InChI is InChI=1S/C11H11NO3/c13-10(11(14)15)12-9-5-4-7-2-1-3-8(7)6-9/h4-6H,1-3H2,(H,12,13)(H,14,15). The number of aryl methyl sites for hydroxylation is 2. The zero-order valence-corrected chi connectivity index (χ0v) is 8.12. The number of hydrogen-bond donors (Lipinski definition) is 2. The lowest BCUT2D eigenvalue weighted by Crippen LogP contribution is -2.21. The van der Waals surface area contributed by atoms with Crippen molar-refractivity contribution < 1.29 is 14.7 Å². The molecule has 0 aromatic heterocycles. The molecule has 1 aromatic rings. The average molecular weight is 205 g/mol. The van der Waals surface area contributed by atoms with Gasteiger partial charge < -0.3 is 10.4 Å². The van der Waals surface area contributed by atoms with Crippen molar-refractivity contribution in [2.75, 3.05) is 5.32 Å². The Hall–Kier alpha value is -1.84. The number of benzene rings is 1. The van der Waals surface area contributed by atoms with E-state index in [1.165, 1.54) is 11.1 Å². The quantitative estimate of drug-likeness (QED) is 0.677. The number of carbonyl (C=O) groups excluding carboxylic acids is 1. The largest absolute Gasteiger partial charge is 0.474 e. The number of fused-ring (bicyclic) bond motifs is 1. The van der Waals surface area contributed by atoms with Crippen LogP contribution in [0.3, 0.4) is 0 Å². The van der Waals surface area contributed by atoms with Crippen molar-refractivity contribution in [3.63, 3.8) is 0 Å². The van der Waals surface area contributed by atoms with Crippen LogP contribution >= 0.6 is 0 Å². The van der Waals surface area contributed by atoms with Gasteiger partial charge in [0.05, 0.1) is 0 Å². The summed E-state index contributed by atoms with van der Waals surface area (Å²) in [6, 6.07) is 5.54. The van der Waals surface area contributed by atoms with E-state index in [0.29, 0.717) is 5.69 Å². The number of amides is 1. The van der Waals surface area contributed by atoms with E-state index < -0.39 is 11.9 Å². The van der Waals surface area contributed by atoms with Crippen LogP contribution in [0.1, 0.15) is 17.5 Å². The van der Waals surface area contributed by atoms with Crippen LogP contribution in [0.15, 0.2) is 18.2 Å². The molecule has 1 aromatic carbocycles. The van der Waals surface area contributed by atoms with Crippen LogP contribution in [0.25, 0.3) is 0 Å². The molecule has 15 heavy (non-hydrogen) atoms. The van der Waals surface area contributed by atoms with E-state index >= 15 is 0 Å². The fourth-order valence-electron chi connectivity index (χ4n) is 1.83. The molecule has 1 aliphatic carbocycles. The van der Waals surface area contributed by atoms with Crippen LogP contribution in [-0.4, -0.2) is 17.0 Å². The molecule has 0 unspecified atom stereocenters. The molecule has 2 rings (SSSR count). The molecule has 0 bridgehead atoms. The lowest BCUT2D eigenvalue weighted by atomic mass is 10.1. The van der Waals surface area contributed by atoms with Gasteiger partial charge in [-0.3, -0.25) is 4.79 Å². The van der Waals surface area contributed by atoms with E-state index in [0.717, 1.165) is 19.3 Å². The second-order valence-electron chi connectivity index (χ2n) is 3.60. The van der Waals surface area contributed by atoms with Gasteiger partial charge in [0.1, 0.15) is 0 Å². The van der Waals surface area contributed by atoms with Gasteiger partial charge in [-0.2, -0.15) is 0 Å².